The van der Waals surface area contributed by atoms with Crippen molar-refractivity contribution in [2.75, 3.05) is 20.8 Å². The quantitative estimate of drug-likeness (QED) is 0.711. The molecule has 2 aromatic carbocycles. The Morgan fingerprint density at radius 2 is 1.89 bits per heavy atom. The van der Waals surface area contributed by atoms with E-state index in [-0.39, 0.29) is 24.3 Å². The fourth-order valence-electron chi connectivity index (χ4n) is 3.19. The van der Waals surface area contributed by atoms with Gasteiger partial charge in [0, 0.05) is 11.4 Å². The molecule has 1 aliphatic rings. The van der Waals surface area contributed by atoms with Crippen molar-refractivity contribution in [1.29, 1.82) is 0 Å². The maximum Gasteiger partial charge on any atom is 0.328 e. The van der Waals surface area contributed by atoms with Crippen LogP contribution in [0.2, 0.25) is 5.02 Å². The number of carbonyl (C=O) groups excluding carboxylic acids is 2. The van der Waals surface area contributed by atoms with Gasteiger partial charge in [0.25, 0.3) is 5.91 Å². The molecule has 8 heteroatoms. The van der Waals surface area contributed by atoms with Crippen LogP contribution in [0.15, 0.2) is 42.5 Å². The van der Waals surface area contributed by atoms with Gasteiger partial charge in [0.15, 0.2) is 11.6 Å². The smallest absolute Gasteiger partial charge is 0.328 e. The first-order valence-electron chi connectivity index (χ1n) is 8.58. The summed E-state index contributed by atoms with van der Waals surface area (Å²) in [5, 5.41) is 0.358. The second kappa shape index (κ2) is 8.48. The normalized spacial score (nSPS) is 18.6. The van der Waals surface area contributed by atoms with Gasteiger partial charge in [-0.05, 0) is 30.3 Å². The average Bonchev–Trinajstić information content (AvgIpc) is 3.12. The summed E-state index contributed by atoms with van der Waals surface area (Å²) in [7, 11) is 2.68. The van der Waals surface area contributed by atoms with Crippen LogP contribution in [0.3, 0.4) is 0 Å². The molecule has 0 radical (unpaired) electrons. The number of halogens is 2. The van der Waals surface area contributed by atoms with Crippen LogP contribution < -0.4 is 9.47 Å². The second-order valence-corrected chi connectivity index (χ2v) is 6.68. The van der Waals surface area contributed by atoms with E-state index >= 15 is 0 Å². The molecule has 0 aromatic heterocycles. The molecule has 0 N–H and O–H groups in total. The van der Waals surface area contributed by atoms with Crippen molar-refractivity contribution in [1.82, 2.24) is 4.90 Å². The number of ether oxygens (including phenoxy) is 3. The molecule has 0 spiro atoms. The number of methoxy groups -OCH3 is 2. The number of hydrogen-bond acceptors (Lipinski definition) is 5. The van der Waals surface area contributed by atoms with Gasteiger partial charge in [-0.2, -0.15) is 0 Å². The van der Waals surface area contributed by atoms with Gasteiger partial charge in [-0.25, -0.2) is 9.18 Å². The van der Waals surface area contributed by atoms with Crippen molar-refractivity contribution in [2.24, 2.45) is 0 Å². The Bertz CT molecular complexity index is 891. The van der Waals surface area contributed by atoms with E-state index in [2.05, 4.69) is 0 Å². The van der Waals surface area contributed by atoms with Crippen molar-refractivity contribution in [3.8, 4) is 11.5 Å². The highest BCUT2D eigenvalue weighted by Gasteiger charge is 2.42. The third-order valence-corrected chi connectivity index (χ3v) is 4.75. The van der Waals surface area contributed by atoms with Gasteiger partial charge >= 0.3 is 5.97 Å². The fourth-order valence-corrected chi connectivity index (χ4v) is 3.36. The number of likely N-dealkylation sites (tertiary alicyclic amines) is 1. The average molecular weight is 408 g/mol. The Morgan fingerprint density at radius 1 is 1.14 bits per heavy atom. The van der Waals surface area contributed by atoms with Crippen molar-refractivity contribution in [3.63, 3.8) is 0 Å². The van der Waals surface area contributed by atoms with Crippen LogP contribution in [0.4, 0.5) is 4.39 Å². The van der Waals surface area contributed by atoms with Crippen molar-refractivity contribution in [2.45, 2.75) is 18.6 Å². The molecule has 3 rings (SSSR count). The van der Waals surface area contributed by atoms with E-state index in [0.29, 0.717) is 10.8 Å². The molecule has 1 amide bonds. The van der Waals surface area contributed by atoms with Crippen LogP contribution in [-0.4, -0.2) is 49.7 Å². The van der Waals surface area contributed by atoms with Crippen molar-refractivity contribution >= 4 is 23.5 Å². The first-order valence-corrected chi connectivity index (χ1v) is 8.96. The molecule has 28 heavy (non-hydrogen) atoms. The van der Waals surface area contributed by atoms with E-state index in [0.717, 1.165) is 0 Å². The molecule has 0 aliphatic carbocycles. The van der Waals surface area contributed by atoms with Gasteiger partial charge in [-0.15, -0.1) is 0 Å². The Hall–Kier alpha value is -2.80. The zero-order valence-corrected chi connectivity index (χ0v) is 16.1. The molecule has 2 aromatic rings. The Morgan fingerprint density at radius 3 is 2.57 bits per heavy atom. The number of hydrogen-bond donors (Lipinski definition) is 0. The predicted molar refractivity (Wildman–Crippen MR) is 100 cm³/mol. The minimum atomic E-state index is -0.863. The van der Waals surface area contributed by atoms with Gasteiger partial charge in [0.05, 0.1) is 26.3 Å². The van der Waals surface area contributed by atoms with Crippen LogP contribution in [0.25, 0.3) is 0 Å². The minimum Gasteiger partial charge on any atom is -0.496 e. The molecular weight excluding hydrogens is 389 g/mol. The Kier molecular flexibility index (Phi) is 6.04. The fraction of sp³-hybridized carbons (Fsp3) is 0.300. The Balaban J connectivity index is 1.87. The lowest BCUT2D eigenvalue weighted by atomic mass is 10.1. The molecule has 1 saturated heterocycles. The summed E-state index contributed by atoms with van der Waals surface area (Å²) in [4.78, 5) is 26.7. The van der Waals surface area contributed by atoms with Crippen LogP contribution in [-0.2, 0) is 9.53 Å². The van der Waals surface area contributed by atoms with Crippen LogP contribution >= 0.6 is 11.6 Å². The first-order chi connectivity index (χ1) is 13.4. The van der Waals surface area contributed by atoms with Gasteiger partial charge < -0.3 is 19.1 Å². The number of para-hydroxylation sites is 1. The van der Waals surface area contributed by atoms with Crippen LogP contribution in [0.5, 0.6) is 11.5 Å². The lowest BCUT2D eigenvalue weighted by Crippen LogP contribution is -2.41. The minimum absolute atomic E-state index is 0.0609. The molecule has 1 heterocycles. The first kappa shape index (κ1) is 19.9. The molecule has 0 saturated carbocycles. The van der Waals surface area contributed by atoms with E-state index in [1.165, 1.54) is 37.3 Å². The van der Waals surface area contributed by atoms with Crippen LogP contribution in [0, 0.1) is 5.82 Å². The monoisotopic (exact) mass is 407 g/mol. The lowest BCUT2D eigenvalue weighted by molar-refractivity contribution is -0.145. The molecule has 148 valence electrons. The van der Waals surface area contributed by atoms with E-state index in [1.54, 1.807) is 24.3 Å². The predicted octanol–water partition coefficient (Wildman–Crippen LogP) is 3.32. The van der Waals surface area contributed by atoms with Gasteiger partial charge in [-0.3, -0.25) is 4.79 Å². The second-order valence-electron chi connectivity index (χ2n) is 6.25. The van der Waals surface area contributed by atoms with Crippen molar-refractivity contribution in [3.05, 3.63) is 58.9 Å². The van der Waals surface area contributed by atoms with E-state index in [4.69, 9.17) is 25.8 Å². The van der Waals surface area contributed by atoms with Crippen molar-refractivity contribution < 1.29 is 28.2 Å². The molecule has 0 bridgehead atoms. The maximum absolute atomic E-state index is 13.9. The highest BCUT2D eigenvalue weighted by molar-refractivity contribution is 6.31. The third kappa shape index (κ3) is 4.04. The number of esters is 1. The van der Waals surface area contributed by atoms with Crippen LogP contribution in [0.1, 0.15) is 16.8 Å². The summed E-state index contributed by atoms with van der Waals surface area (Å²) in [6.45, 7) is 0.0859. The molecule has 2 atom stereocenters. The molecule has 0 unspecified atom stereocenters. The molecule has 1 fully saturated rings. The van der Waals surface area contributed by atoms with E-state index in [1.807, 2.05) is 0 Å². The standard InChI is InChI=1S/C20H19ClFNO5/c1-26-17-8-7-12(21)9-14(17)19(24)23-11-13(10-16(23)20(25)27-2)28-18-6-4-3-5-15(18)22/h3-9,13,16H,10-11H2,1-2H3/t13-,16-/m1/s1. The zero-order valence-electron chi connectivity index (χ0n) is 15.4. The largest absolute Gasteiger partial charge is 0.496 e. The van der Waals surface area contributed by atoms with Gasteiger partial charge in [0.1, 0.15) is 17.9 Å². The topological polar surface area (TPSA) is 65.1 Å². The number of carbonyl (C=O) groups is 2. The summed E-state index contributed by atoms with van der Waals surface area (Å²) in [6, 6.07) is 9.75. The highest BCUT2D eigenvalue weighted by Crippen LogP contribution is 2.30. The molecular formula is C20H19ClFNO5. The zero-order chi connectivity index (χ0) is 20.3. The molecule has 6 nitrogen and oxygen atoms in total. The van der Waals surface area contributed by atoms with Gasteiger partial charge in [0.2, 0.25) is 0 Å². The number of nitrogens with zero attached hydrogens (tertiary/aromatic N) is 1. The summed E-state index contributed by atoms with van der Waals surface area (Å²) in [6.07, 6.45) is -0.398. The maximum atomic E-state index is 13.9. The number of benzene rings is 2. The Labute approximate surface area is 166 Å². The third-order valence-electron chi connectivity index (χ3n) is 4.52. The SMILES string of the molecule is COC(=O)[C@H]1C[C@@H](Oc2ccccc2F)CN1C(=O)c1cc(Cl)ccc1OC. The number of amides is 1. The molecule has 1 aliphatic heterocycles. The van der Waals surface area contributed by atoms with Gasteiger partial charge in [-0.1, -0.05) is 23.7 Å². The van der Waals surface area contributed by atoms with E-state index in [9.17, 15) is 14.0 Å². The lowest BCUT2D eigenvalue weighted by Gasteiger charge is -2.23. The highest BCUT2D eigenvalue weighted by atomic mass is 35.5. The summed E-state index contributed by atoms with van der Waals surface area (Å²) >= 11 is 6.02. The number of rotatable bonds is 5. The summed E-state index contributed by atoms with van der Waals surface area (Å²) in [5.41, 5.74) is 0.218. The summed E-state index contributed by atoms with van der Waals surface area (Å²) < 4.78 is 29.7. The summed E-state index contributed by atoms with van der Waals surface area (Å²) in [5.74, 6) is -1.15. The van der Waals surface area contributed by atoms with E-state index < -0.39 is 29.8 Å².